The summed E-state index contributed by atoms with van der Waals surface area (Å²) in [5, 5.41) is 18.7. The Bertz CT molecular complexity index is 480. The maximum Gasteiger partial charge on any atom is 0.126 e. The van der Waals surface area contributed by atoms with Crippen LogP contribution in [0.3, 0.4) is 0 Å². The summed E-state index contributed by atoms with van der Waals surface area (Å²) in [4.78, 5) is 2.00. The molecule has 1 N–H and O–H groups in total. The van der Waals surface area contributed by atoms with Crippen LogP contribution in [0.15, 0.2) is 12.1 Å². The standard InChI is InChI=1S/C15H21FN2O/c1-5-18(9-10(2)8-17)15-6-11(3)14(16)7-13(15)12(4)19/h6-7,10,12,19H,5,9H2,1-4H3. The van der Waals surface area contributed by atoms with Gasteiger partial charge >= 0.3 is 0 Å². The Labute approximate surface area is 114 Å². The van der Waals surface area contributed by atoms with E-state index in [2.05, 4.69) is 6.07 Å². The van der Waals surface area contributed by atoms with Crippen LogP contribution in [0.4, 0.5) is 10.1 Å². The van der Waals surface area contributed by atoms with Gasteiger partial charge in [-0.1, -0.05) is 0 Å². The third-order valence-electron chi connectivity index (χ3n) is 3.20. The van der Waals surface area contributed by atoms with Crippen molar-refractivity contribution in [1.82, 2.24) is 0 Å². The Morgan fingerprint density at radius 2 is 2.05 bits per heavy atom. The summed E-state index contributed by atoms with van der Waals surface area (Å²) < 4.78 is 13.6. The van der Waals surface area contributed by atoms with E-state index in [0.29, 0.717) is 24.2 Å². The van der Waals surface area contributed by atoms with Gasteiger partial charge in [0.2, 0.25) is 0 Å². The highest BCUT2D eigenvalue weighted by molar-refractivity contribution is 5.57. The number of halogens is 1. The van der Waals surface area contributed by atoms with E-state index >= 15 is 0 Å². The van der Waals surface area contributed by atoms with Gasteiger partial charge < -0.3 is 10.0 Å². The first-order valence-corrected chi connectivity index (χ1v) is 6.53. The van der Waals surface area contributed by atoms with Crippen molar-refractivity contribution in [3.63, 3.8) is 0 Å². The summed E-state index contributed by atoms with van der Waals surface area (Å²) in [6.07, 6.45) is -0.739. The van der Waals surface area contributed by atoms with E-state index in [1.807, 2.05) is 18.7 Å². The smallest absolute Gasteiger partial charge is 0.126 e. The molecule has 0 radical (unpaired) electrons. The summed E-state index contributed by atoms with van der Waals surface area (Å²) in [7, 11) is 0. The molecule has 1 aromatic carbocycles. The lowest BCUT2D eigenvalue weighted by Gasteiger charge is -2.28. The van der Waals surface area contributed by atoms with Gasteiger partial charge in [0.25, 0.3) is 0 Å². The molecule has 104 valence electrons. The predicted molar refractivity (Wildman–Crippen MR) is 74.4 cm³/mol. The van der Waals surface area contributed by atoms with Crippen molar-refractivity contribution in [2.45, 2.75) is 33.8 Å². The molecule has 0 aliphatic rings. The third-order valence-corrected chi connectivity index (χ3v) is 3.20. The number of hydrogen-bond acceptors (Lipinski definition) is 3. The van der Waals surface area contributed by atoms with Gasteiger partial charge in [-0.25, -0.2) is 4.39 Å². The van der Waals surface area contributed by atoms with E-state index in [9.17, 15) is 9.50 Å². The maximum atomic E-state index is 13.6. The fraction of sp³-hybridized carbons (Fsp3) is 0.533. The van der Waals surface area contributed by atoms with Gasteiger partial charge in [-0.2, -0.15) is 5.26 Å². The molecule has 4 heteroatoms. The van der Waals surface area contributed by atoms with Gasteiger partial charge in [0.1, 0.15) is 5.82 Å². The highest BCUT2D eigenvalue weighted by Gasteiger charge is 2.17. The number of benzene rings is 1. The summed E-state index contributed by atoms with van der Waals surface area (Å²) >= 11 is 0. The van der Waals surface area contributed by atoms with E-state index in [4.69, 9.17) is 5.26 Å². The molecule has 0 spiro atoms. The number of hydrogen-bond donors (Lipinski definition) is 1. The Morgan fingerprint density at radius 3 is 2.53 bits per heavy atom. The van der Waals surface area contributed by atoms with Crippen molar-refractivity contribution < 1.29 is 9.50 Å². The zero-order valence-electron chi connectivity index (χ0n) is 11.9. The summed E-state index contributed by atoms with van der Waals surface area (Å²) in [5.41, 5.74) is 1.91. The van der Waals surface area contributed by atoms with Crippen molar-refractivity contribution in [3.05, 3.63) is 29.1 Å². The molecule has 0 bridgehead atoms. The molecule has 0 fully saturated rings. The first kappa shape index (κ1) is 15.5. The number of aliphatic hydroxyl groups is 1. The van der Waals surface area contributed by atoms with Gasteiger partial charge in [-0.3, -0.25) is 0 Å². The number of nitrogens with zero attached hydrogens (tertiary/aromatic N) is 2. The molecule has 0 saturated heterocycles. The summed E-state index contributed by atoms with van der Waals surface area (Å²) in [6.45, 7) is 8.42. The predicted octanol–water partition coefficient (Wildman–Crippen LogP) is 3.17. The number of aliphatic hydroxyl groups excluding tert-OH is 1. The fourth-order valence-electron chi connectivity index (χ4n) is 2.06. The molecule has 1 rings (SSSR count). The number of anilines is 1. The van der Waals surface area contributed by atoms with Crippen molar-refractivity contribution in [3.8, 4) is 6.07 Å². The van der Waals surface area contributed by atoms with Crippen LogP contribution in [0.5, 0.6) is 0 Å². The first-order valence-electron chi connectivity index (χ1n) is 6.53. The highest BCUT2D eigenvalue weighted by Crippen LogP contribution is 2.29. The van der Waals surface area contributed by atoms with E-state index in [1.54, 1.807) is 19.9 Å². The van der Waals surface area contributed by atoms with Gasteiger partial charge in [0.15, 0.2) is 0 Å². The summed E-state index contributed by atoms with van der Waals surface area (Å²) in [6, 6.07) is 5.32. The minimum atomic E-state index is -0.739. The fourth-order valence-corrected chi connectivity index (χ4v) is 2.06. The molecule has 19 heavy (non-hydrogen) atoms. The third kappa shape index (κ3) is 3.68. The van der Waals surface area contributed by atoms with Gasteiger partial charge in [0.05, 0.1) is 18.1 Å². The monoisotopic (exact) mass is 264 g/mol. The molecule has 1 aromatic rings. The van der Waals surface area contributed by atoms with Crippen LogP contribution >= 0.6 is 0 Å². The van der Waals surface area contributed by atoms with Crippen molar-refractivity contribution in [2.75, 3.05) is 18.0 Å². The Kier molecular flexibility index (Phi) is 5.31. The van der Waals surface area contributed by atoms with Crippen LogP contribution < -0.4 is 4.90 Å². The second-order valence-corrected chi connectivity index (χ2v) is 4.90. The van der Waals surface area contributed by atoms with Crippen LogP contribution in [-0.2, 0) is 0 Å². The zero-order chi connectivity index (χ0) is 14.6. The quantitative estimate of drug-likeness (QED) is 0.888. The van der Waals surface area contributed by atoms with Gasteiger partial charge in [0, 0.05) is 24.3 Å². The van der Waals surface area contributed by atoms with Crippen LogP contribution in [0.2, 0.25) is 0 Å². The largest absolute Gasteiger partial charge is 0.389 e. The van der Waals surface area contributed by atoms with Crippen LogP contribution in [-0.4, -0.2) is 18.2 Å². The molecular weight excluding hydrogens is 243 g/mol. The average molecular weight is 264 g/mol. The molecule has 0 amide bonds. The van der Waals surface area contributed by atoms with Crippen LogP contribution in [0, 0.1) is 30.0 Å². The van der Waals surface area contributed by atoms with Crippen molar-refractivity contribution >= 4 is 5.69 Å². The zero-order valence-corrected chi connectivity index (χ0v) is 11.9. The lowest BCUT2D eigenvalue weighted by molar-refractivity contribution is 0.199. The molecule has 0 aliphatic carbocycles. The first-order chi connectivity index (χ1) is 8.90. The lowest BCUT2D eigenvalue weighted by Crippen LogP contribution is -2.29. The molecule has 2 unspecified atom stereocenters. The number of nitriles is 1. The molecule has 0 aromatic heterocycles. The number of rotatable bonds is 5. The number of aryl methyl sites for hydroxylation is 1. The summed E-state index contributed by atoms with van der Waals surface area (Å²) in [5.74, 6) is -0.434. The van der Waals surface area contributed by atoms with Crippen molar-refractivity contribution in [2.24, 2.45) is 5.92 Å². The van der Waals surface area contributed by atoms with Gasteiger partial charge in [-0.05, 0) is 45.4 Å². The van der Waals surface area contributed by atoms with E-state index in [1.165, 1.54) is 6.07 Å². The highest BCUT2D eigenvalue weighted by atomic mass is 19.1. The van der Waals surface area contributed by atoms with E-state index in [-0.39, 0.29) is 11.7 Å². The SMILES string of the molecule is CCN(CC(C)C#N)c1cc(C)c(F)cc1C(C)O. The molecule has 2 atom stereocenters. The second-order valence-electron chi connectivity index (χ2n) is 4.90. The lowest BCUT2D eigenvalue weighted by atomic mass is 10.0. The molecule has 0 aliphatic heterocycles. The topological polar surface area (TPSA) is 47.3 Å². The molecule has 0 saturated carbocycles. The van der Waals surface area contributed by atoms with E-state index < -0.39 is 6.10 Å². The maximum absolute atomic E-state index is 13.6. The van der Waals surface area contributed by atoms with Gasteiger partial charge in [-0.15, -0.1) is 0 Å². The Morgan fingerprint density at radius 1 is 1.42 bits per heavy atom. The van der Waals surface area contributed by atoms with E-state index in [0.717, 1.165) is 5.69 Å². The molecular formula is C15H21FN2O. The van der Waals surface area contributed by atoms with Crippen molar-refractivity contribution in [1.29, 1.82) is 5.26 Å². The second kappa shape index (κ2) is 6.53. The molecule has 0 heterocycles. The molecule has 3 nitrogen and oxygen atoms in total. The van der Waals surface area contributed by atoms with Crippen LogP contribution in [0.25, 0.3) is 0 Å². The normalized spacial score (nSPS) is 13.7. The Hall–Kier alpha value is -1.60. The minimum Gasteiger partial charge on any atom is -0.389 e. The van der Waals surface area contributed by atoms with Crippen LogP contribution in [0.1, 0.15) is 38.0 Å². The average Bonchev–Trinajstić information content (AvgIpc) is 2.38. The Balaban J connectivity index is 3.22. The minimum absolute atomic E-state index is 0.118.